The normalized spacial score (nSPS) is 32.1. The summed E-state index contributed by atoms with van der Waals surface area (Å²) in [6.07, 6.45) is 9.08. The first-order valence-corrected chi connectivity index (χ1v) is 7.35. The van der Waals surface area contributed by atoms with Crippen molar-refractivity contribution < 1.29 is 4.74 Å². The summed E-state index contributed by atoms with van der Waals surface area (Å²) in [6.45, 7) is 5.35. The Morgan fingerprint density at radius 2 is 2.12 bits per heavy atom. The average Bonchev–Trinajstić information content (AvgIpc) is 2.94. The molecule has 1 saturated carbocycles. The Morgan fingerprint density at radius 1 is 1.35 bits per heavy atom. The van der Waals surface area contributed by atoms with Gasteiger partial charge in [-0.25, -0.2) is 0 Å². The van der Waals surface area contributed by atoms with Crippen LogP contribution in [0.3, 0.4) is 0 Å². The van der Waals surface area contributed by atoms with E-state index in [-0.39, 0.29) is 5.54 Å². The summed E-state index contributed by atoms with van der Waals surface area (Å²) >= 11 is 0. The largest absolute Gasteiger partial charge is 0.378 e. The van der Waals surface area contributed by atoms with Crippen LogP contribution >= 0.6 is 0 Å². The molecule has 0 aromatic rings. The van der Waals surface area contributed by atoms with Crippen LogP contribution in [0.1, 0.15) is 51.9 Å². The van der Waals surface area contributed by atoms with E-state index in [2.05, 4.69) is 12.2 Å². The number of ether oxygens (including phenoxy) is 1. The lowest BCUT2D eigenvalue weighted by atomic mass is 9.94. The molecule has 17 heavy (non-hydrogen) atoms. The maximum Gasteiger partial charge on any atom is 0.0613 e. The molecule has 1 aliphatic carbocycles. The predicted molar refractivity (Wildman–Crippen MR) is 71.0 cm³/mol. The van der Waals surface area contributed by atoms with E-state index in [0.29, 0.717) is 6.10 Å². The van der Waals surface area contributed by atoms with Gasteiger partial charge in [-0.15, -0.1) is 0 Å². The molecule has 1 heterocycles. The monoisotopic (exact) mass is 240 g/mol. The maximum atomic E-state index is 6.34. The summed E-state index contributed by atoms with van der Waals surface area (Å²) in [5.74, 6) is 0.720. The first kappa shape index (κ1) is 13.3. The molecule has 1 saturated heterocycles. The van der Waals surface area contributed by atoms with E-state index in [4.69, 9.17) is 10.5 Å². The summed E-state index contributed by atoms with van der Waals surface area (Å²) in [7, 11) is 0. The summed E-state index contributed by atoms with van der Waals surface area (Å²) in [5.41, 5.74) is 6.48. The number of hydrogen-bond acceptors (Lipinski definition) is 3. The standard InChI is InChI=1S/C14H28N2O/c1-2-13-12(5-10-17-13)11-16-9-8-14(15)6-3-4-7-14/h12-13,16H,2-11,15H2,1H3. The van der Waals surface area contributed by atoms with E-state index < -0.39 is 0 Å². The van der Waals surface area contributed by atoms with Gasteiger partial charge in [0.05, 0.1) is 6.10 Å². The second kappa shape index (κ2) is 6.17. The lowest BCUT2D eigenvalue weighted by Crippen LogP contribution is -2.40. The van der Waals surface area contributed by atoms with Crippen molar-refractivity contribution in [1.82, 2.24) is 5.32 Å². The molecule has 0 amide bonds. The summed E-state index contributed by atoms with van der Waals surface area (Å²) in [6, 6.07) is 0. The molecule has 1 aliphatic heterocycles. The molecule has 0 aromatic carbocycles. The van der Waals surface area contributed by atoms with Gasteiger partial charge in [0.25, 0.3) is 0 Å². The fourth-order valence-electron chi connectivity index (χ4n) is 3.33. The number of rotatable bonds is 6. The molecule has 0 spiro atoms. The van der Waals surface area contributed by atoms with E-state index in [1.807, 2.05) is 0 Å². The Kier molecular flexibility index (Phi) is 4.83. The van der Waals surface area contributed by atoms with Crippen LogP contribution in [0.5, 0.6) is 0 Å². The highest BCUT2D eigenvalue weighted by atomic mass is 16.5. The third-order valence-electron chi connectivity index (χ3n) is 4.55. The molecule has 0 bridgehead atoms. The van der Waals surface area contributed by atoms with Crippen LogP contribution in [0.15, 0.2) is 0 Å². The SMILES string of the molecule is CCC1OCCC1CNCCC1(N)CCCC1. The van der Waals surface area contributed by atoms with Crippen molar-refractivity contribution in [2.45, 2.75) is 63.5 Å². The minimum absolute atomic E-state index is 0.142. The molecule has 2 fully saturated rings. The van der Waals surface area contributed by atoms with Crippen molar-refractivity contribution in [3.05, 3.63) is 0 Å². The van der Waals surface area contributed by atoms with E-state index >= 15 is 0 Å². The molecule has 2 rings (SSSR count). The third kappa shape index (κ3) is 3.67. The number of hydrogen-bond donors (Lipinski definition) is 2. The van der Waals surface area contributed by atoms with Crippen LogP contribution in [0, 0.1) is 5.92 Å². The molecule has 2 unspecified atom stereocenters. The lowest BCUT2D eigenvalue weighted by Gasteiger charge is -2.24. The van der Waals surface area contributed by atoms with Crippen LogP contribution in [0.4, 0.5) is 0 Å². The zero-order chi connectivity index (χ0) is 12.1. The first-order chi connectivity index (χ1) is 8.23. The number of nitrogens with two attached hydrogens (primary N) is 1. The summed E-state index contributed by atoms with van der Waals surface area (Å²) in [4.78, 5) is 0. The highest BCUT2D eigenvalue weighted by Gasteiger charge is 2.29. The summed E-state index contributed by atoms with van der Waals surface area (Å²) in [5, 5.41) is 3.58. The van der Waals surface area contributed by atoms with Crippen molar-refractivity contribution in [3.8, 4) is 0 Å². The van der Waals surface area contributed by atoms with Gasteiger partial charge in [0, 0.05) is 18.7 Å². The fourth-order valence-corrected chi connectivity index (χ4v) is 3.33. The topological polar surface area (TPSA) is 47.3 Å². The third-order valence-corrected chi connectivity index (χ3v) is 4.55. The molecule has 3 nitrogen and oxygen atoms in total. The van der Waals surface area contributed by atoms with Gasteiger partial charge in [0.2, 0.25) is 0 Å². The zero-order valence-corrected chi connectivity index (χ0v) is 11.2. The van der Waals surface area contributed by atoms with E-state index in [0.717, 1.165) is 38.5 Å². The van der Waals surface area contributed by atoms with Crippen molar-refractivity contribution in [1.29, 1.82) is 0 Å². The van der Waals surface area contributed by atoms with Gasteiger partial charge in [-0.1, -0.05) is 19.8 Å². The smallest absolute Gasteiger partial charge is 0.0613 e. The van der Waals surface area contributed by atoms with Crippen LogP contribution in [-0.2, 0) is 4.74 Å². The van der Waals surface area contributed by atoms with Crippen molar-refractivity contribution >= 4 is 0 Å². The molecule has 3 heteroatoms. The Morgan fingerprint density at radius 3 is 2.82 bits per heavy atom. The molecule has 0 aromatic heterocycles. The van der Waals surface area contributed by atoms with E-state index in [1.165, 1.54) is 32.1 Å². The highest BCUT2D eigenvalue weighted by Crippen LogP contribution is 2.29. The van der Waals surface area contributed by atoms with Crippen molar-refractivity contribution in [2.24, 2.45) is 11.7 Å². The predicted octanol–water partition coefficient (Wildman–Crippen LogP) is 2.05. The second-order valence-corrected chi connectivity index (χ2v) is 5.89. The Balaban J connectivity index is 1.59. The van der Waals surface area contributed by atoms with Gasteiger partial charge in [-0.05, 0) is 44.6 Å². The first-order valence-electron chi connectivity index (χ1n) is 7.35. The lowest BCUT2D eigenvalue weighted by molar-refractivity contribution is 0.0872. The quantitative estimate of drug-likeness (QED) is 0.699. The minimum Gasteiger partial charge on any atom is -0.378 e. The Hall–Kier alpha value is -0.120. The van der Waals surface area contributed by atoms with Gasteiger partial charge in [-0.3, -0.25) is 0 Å². The number of nitrogens with one attached hydrogen (secondary N) is 1. The van der Waals surface area contributed by atoms with E-state index in [9.17, 15) is 0 Å². The Labute approximate surface area is 105 Å². The van der Waals surface area contributed by atoms with Crippen molar-refractivity contribution in [3.63, 3.8) is 0 Å². The highest BCUT2D eigenvalue weighted by molar-refractivity contribution is 4.89. The molecule has 3 N–H and O–H groups in total. The van der Waals surface area contributed by atoms with E-state index in [1.54, 1.807) is 0 Å². The second-order valence-electron chi connectivity index (χ2n) is 5.89. The Bertz CT molecular complexity index is 226. The summed E-state index contributed by atoms with van der Waals surface area (Å²) < 4.78 is 5.70. The average molecular weight is 240 g/mol. The molecular weight excluding hydrogens is 212 g/mol. The van der Waals surface area contributed by atoms with Crippen LogP contribution in [-0.4, -0.2) is 31.3 Å². The molecule has 2 atom stereocenters. The minimum atomic E-state index is 0.142. The maximum absolute atomic E-state index is 6.34. The van der Waals surface area contributed by atoms with Crippen LogP contribution in [0.2, 0.25) is 0 Å². The van der Waals surface area contributed by atoms with Gasteiger partial charge >= 0.3 is 0 Å². The van der Waals surface area contributed by atoms with Gasteiger partial charge in [0.15, 0.2) is 0 Å². The zero-order valence-electron chi connectivity index (χ0n) is 11.2. The molecule has 100 valence electrons. The molecular formula is C14H28N2O. The van der Waals surface area contributed by atoms with Gasteiger partial charge < -0.3 is 15.8 Å². The molecule has 2 aliphatic rings. The van der Waals surface area contributed by atoms with Crippen LogP contribution < -0.4 is 11.1 Å². The van der Waals surface area contributed by atoms with Crippen molar-refractivity contribution in [2.75, 3.05) is 19.7 Å². The molecule has 0 radical (unpaired) electrons. The van der Waals surface area contributed by atoms with Gasteiger partial charge in [0.1, 0.15) is 0 Å². The van der Waals surface area contributed by atoms with Crippen LogP contribution in [0.25, 0.3) is 0 Å². The fraction of sp³-hybridized carbons (Fsp3) is 1.00. The van der Waals surface area contributed by atoms with Gasteiger partial charge in [-0.2, -0.15) is 0 Å².